The van der Waals surface area contributed by atoms with Gasteiger partial charge in [-0.25, -0.2) is 14.4 Å². The van der Waals surface area contributed by atoms with Gasteiger partial charge in [-0.2, -0.15) is 0 Å². The number of nitrogens with one attached hydrogen (secondary N) is 2. The predicted octanol–water partition coefficient (Wildman–Crippen LogP) is 2.64. The molecule has 0 saturated carbocycles. The first-order valence-electron chi connectivity index (χ1n) is 7.95. The van der Waals surface area contributed by atoms with Gasteiger partial charge in [-0.1, -0.05) is 6.07 Å². The molecule has 0 radical (unpaired) electrons. The van der Waals surface area contributed by atoms with Gasteiger partial charge < -0.3 is 19.9 Å². The molecule has 0 aliphatic rings. The SMILES string of the molecule is CCNC(=NCc1ccc(-n2ccnc2C)c(F)c1)NCCOC.I. The highest BCUT2D eigenvalue weighted by atomic mass is 127. The summed E-state index contributed by atoms with van der Waals surface area (Å²) >= 11 is 0. The Hall–Kier alpha value is -1.68. The minimum absolute atomic E-state index is 0. The number of guanidine groups is 1. The summed E-state index contributed by atoms with van der Waals surface area (Å²) in [6, 6.07) is 5.14. The summed E-state index contributed by atoms with van der Waals surface area (Å²) in [5, 5.41) is 6.30. The fraction of sp³-hybridized carbons (Fsp3) is 0.412. The van der Waals surface area contributed by atoms with E-state index < -0.39 is 0 Å². The van der Waals surface area contributed by atoms with E-state index in [-0.39, 0.29) is 29.8 Å². The largest absolute Gasteiger partial charge is 0.383 e. The molecule has 2 N–H and O–H groups in total. The van der Waals surface area contributed by atoms with Crippen LogP contribution in [0.25, 0.3) is 5.69 Å². The number of halogens is 2. The average Bonchev–Trinajstić information content (AvgIpc) is 2.99. The van der Waals surface area contributed by atoms with Crippen LogP contribution in [0.2, 0.25) is 0 Å². The van der Waals surface area contributed by atoms with Gasteiger partial charge in [-0.15, -0.1) is 24.0 Å². The molecule has 0 fully saturated rings. The Labute approximate surface area is 164 Å². The van der Waals surface area contributed by atoms with E-state index in [1.807, 2.05) is 19.9 Å². The molecule has 0 aliphatic carbocycles. The Morgan fingerprint density at radius 1 is 1.36 bits per heavy atom. The second kappa shape index (κ2) is 11.0. The van der Waals surface area contributed by atoms with Crippen LogP contribution >= 0.6 is 24.0 Å². The number of aromatic nitrogens is 2. The molecule has 6 nitrogen and oxygen atoms in total. The van der Waals surface area contributed by atoms with Gasteiger partial charge in [0.1, 0.15) is 11.6 Å². The van der Waals surface area contributed by atoms with E-state index in [1.165, 1.54) is 6.07 Å². The van der Waals surface area contributed by atoms with Gasteiger partial charge in [0, 0.05) is 32.6 Å². The second-order valence-electron chi connectivity index (χ2n) is 5.24. The number of methoxy groups -OCH3 is 1. The first-order chi connectivity index (χ1) is 11.7. The van der Waals surface area contributed by atoms with Crippen LogP contribution in [0.15, 0.2) is 35.6 Å². The van der Waals surface area contributed by atoms with Crippen molar-refractivity contribution in [1.82, 2.24) is 20.2 Å². The molecule has 1 aromatic carbocycles. The third-order valence-electron chi connectivity index (χ3n) is 3.46. The lowest BCUT2D eigenvalue weighted by atomic mass is 10.2. The molecule has 0 atom stereocenters. The fourth-order valence-corrected chi connectivity index (χ4v) is 2.26. The van der Waals surface area contributed by atoms with Crippen molar-refractivity contribution < 1.29 is 9.13 Å². The van der Waals surface area contributed by atoms with Gasteiger partial charge in [-0.05, 0) is 31.5 Å². The lowest BCUT2D eigenvalue weighted by Gasteiger charge is -2.11. The molecular weight excluding hydrogens is 436 g/mol. The van der Waals surface area contributed by atoms with E-state index in [4.69, 9.17) is 4.74 Å². The van der Waals surface area contributed by atoms with E-state index in [1.54, 1.807) is 30.1 Å². The van der Waals surface area contributed by atoms with Crippen LogP contribution in [-0.4, -0.2) is 42.3 Å². The average molecular weight is 461 g/mol. The summed E-state index contributed by atoms with van der Waals surface area (Å²) in [6.07, 6.45) is 3.40. The first kappa shape index (κ1) is 21.4. The third-order valence-corrected chi connectivity index (χ3v) is 3.46. The van der Waals surface area contributed by atoms with Crippen LogP contribution in [-0.2, 0) is 11.3 Å². The number of benzene rings is 1. The van der Waals surface area contributed by atoms with Gasteiger partial charge in [0.15, 0.2) is 5.96 Å². The van der Waals surface area contributed by atoms with Crippen LogP contribution in [0.4, 0.5) is 4.39 Å². The van der Waals surface area contributed by atoms with Crippen LogP contribution in [0.5, 0.6) is 0 Å². The Morgan fingerprint density at radius 3 is 2.76 bits per heavy atom. The maximum absolute atomic E-state index is 14.4. The van der Waals surface area contributed by atoms with E-state index in [0.29, 0.717) is 31.3 Å². The molecule has 1 aromatic heterocycles. The Morgan fingerprint density at radius 2 is 2.16 bits per heavy atom. The monoisotopic (exact) mass is 461 g/mol. The van der Waals surface area contributed by atoms with Crippen molar-refractivity contribution in [3.63, 3.8) is 0 Å². The summed E-state index contributed by atoms with van der Waals surface area (Å²) in [6.45, 7) is 6.24. The summed E-state index contributed by atoms with van der Waals surface area (Å²) in [7, 11) is 1.65. The predicted molar refractivity (Wildman–Crippen MR) is 108 cm³/mol. The smallest absolute Gasteiger partial charge is 0.191 e. The Bertz CT molecular complexity index is 689. The first-order valence-corrected chi connectivity index (χ1v) is 7.95. The quantitative estimate of drug-likeness (QED) is 0.288. The molecule has 2 rings (SSSR count). The molecule has 138 valence electrons. The van der Waals surface area contributed by atoms with E-state index in [0.717, 1.165) is 17.9 Å². The van der Waals surface area contributed by atoms with Crippen molar-refractivity contribution in [2.45, 2.75) is 20.4 Å². The third kappa shape index (κ3) is 6.28. The molecule has 8 heteroatoms. The molecule has 0 aliphatic heterocycles. The van der Waals surface area contributed by atoms with E-state index in [9.17, 15) is 4.39 Å². The van der Waals surface area contributed by atoms with Crippen LogP contribution < -0.4 is 10.6 Å². The number of hydrogen-bond acceptors (Lipinski definition) is 3. The van der Waals surface area contributed by atoms with Crippen LogP contribution in [0.1, 0.15) is 18.3 Å². The minimum Gasteiger partial charge on any atom is -0.383 e. The lowest BCUT2D eigenvalue weighted by molar-refractivity contribution is 0.203. The maximum Gasteiger partial charge on any atom is 0.191 e. The molecule has 0 bridgehead atoms. The molecule has 25 heavy (non-hydrogen) atoms. The van der Waals surface area contributed by atoms with Crippen LogP contribution in [0.3, 0.4) is 0 Å². The molecule has 0 saturated heterocycles. The van der Waals surface area contributed by atoms with E-state index in [2.05, 4.69) is 20.6 Å². The lowest BCUT2D eigenvalue weighted by Crippen LogP contribution is -2.38. The zero-order valence-electron chi connectivity index (χ0n) is 14.8. The second-order valence-corrected chi connectivity index (χ2v) is 5.24. The summed E-state index contributed by atoms with van der Waals surface area (Å²) in [5.74, 6) is 1.14. The number of rotatable bonds is 7. The molecule has 0 amide bonds. The van der Waals surface area contributed by atoms with Gasteiger partial charge in [-0.3, -0.25) is 0 Å². The number of aryl methyl sites for hydroxylation is 1. The molecule has 2 aromatic rings. The molecule has 1 heterocycles. The van der Waals surface area contributed by atoms with Crippen molar-refractivity contribution in [1.29, 1.82) is 0 Å². The van der Waals surface area contributed by atoms with Crippen molar-refractivity contribution in [2.75, 3.05) is 26.8 Å². The fourth-order valence-electron chi connectivity index (χ4n) is 2.26. The maximum atomic E-state index is 14.4. The highest BCUT2D eigenvalue weighted by molar-refractivity contribution is 14.0. The Kier molecular flexibility index (Phi) is 9.43. The molecule has 0 unspecified atom stereocenters. The summed E-state index contributed by atoms with van der Waals surface area (Å²) in [4.78, 5) is 8.58. The number of ether oxygens (including phenoxy) is 1. The molecule has 0 spiro atoms. The van der Waals surface area contributed by atoms with Gasteiger partial charge in [0.25, 0.3) is 0 Å². The number of aliphatic imine (C=N–C) groups is 1. The zero-order valence-corrected chi connectivity index (χ0v) is 17.1. The summed E-state index contributed by atoms with van der Waals surface area (Å²) < 4.78 is 21.1. The van der Waals surface area contributed by atoms with Gasteiger partial charge in [0.2, 0.25) is 0 Å². The summed E-state index contributed by atoms with van der Waals surface area (Å²) in [5.41, 5.74) is 1.29. The van der Waals surface area contributed by atoms with Crippen molar-refractivity contribution >= 4 is 29.9 Å². The highest BCUT2D eigenvalue weighted by Crippen LogP contribution is 2.17. The number of imidazole rings is 1. The highest BCUT2D eigenvalue weighted by Gasteiger charge is 2.08. The topological polar surface area (TPSA) is 63.5 Å². The van der Waals surface area contributed by atoms with Gasteiger partial charge in [0.05, 0.1) is 18.8 Å². The van der Waals surface area contributed by atoms with E-state index >= 15 is 0 Å². The minimum atomic E-state index is -0.291. The Balaban J connectivity index is 0.00000312. The van der Waals surface area contributed by atoms with Crippen molar-refractivity contribution in [2.24, 2.45) is 4.99 Å². The standard InChI is InChI=1S/C17H24FN5O.HI/c1-4-19-17(21-8-10-24-3)22-12-14-5-6-16(15(18)11-14)23-9-7-20-13(23)2;/h5-7,9,11H,4,8,10,12H2,1-3H3,(H2,19,21,22);1H. The number of nitrogens with zero attached hydrogens (tertiary/aromatic N) is 3. The normalized spacial score (nSPS) is 11.1. The zero-order chi connectivity index (χ0) is 17.4. The van der Waals surface area contributed by atoms with Crippen molar-refractivity contribution in [3.8, 4) is 5.69 Å². The van der Waals surface area contributed by atoms with Crippen LogP contribution in [0, 0.1) is 12.7 Å². The van der Waals surface area contributed by atoms with Crippen molar-refractivity contribution in [3.05, 3.63) is 47.8 Å². The molecular formula is C17H25FIN5O. The number of hydrogen-bond donors (Lipinski definition) is 2. The van der Waals surface area contributed by atoms with Gasteiger partial charge >= 0.3 is 0 Å².